The van der Waals surface area contributed by atoms with Crippen LogP contribution in [0.15, 0.2) is 36.4 Å². The smallest absolute Gasteiger partial charge is 0.310 e. The number of carbonyl (C=O) groups is 2. The maximum absolute atomic E-state index is 13.9. The molecule has 1 aromatic carbocycles. The molecule has 10 heteroatoms. The Morgan fingerprint density at radius 2 is 1.97 bits per heavy atom. The number of carbonyl (C=O) groups excluding carboxylic acids is 1. The van der Waals surface area contributed by atoms with Gasteiger partial charge in [-0.2, -0.15) is 4.68 Å². The van der Waals surface area contributed by atoms with Crippen molar-refractivity contribution in [2.75, 3.05) is 13.7 Å². The van der Waals surface area contributed by atoms with Gasteiger partial charge in [-0.1, -0.05) is 31.4 Å². The van der Waals surface area contributed by atoms with E-state index >= 15 is 0 Å². The highest BCUT2D eigenvalue weighted by Gasteiger charge is 2.69. The third-order valence-corrected chi connectivity index (χ3v) is 7.79. The summed E-state index contributed by atoms with van der Waals surface area (Å²) in [6.45, 7) is 0.308. The van der Waals surface area contributed by atoms with Crippen molar-refractivity contribution in [2.45, 2.75) is 49.3 Å². The topological polar surface area (TPSA) is 120 Å². The molecule has 1 spiro atoms. The molecule has 4 heterocycles. The number of amides is 1. The normalized spacial score (nSPS) is 31.7. The van der Waals surface area contributed by atoms with E-state index in [0.29, 0.717) is 25.2 Å². The van der Waals surface area contributed by atoms with E-state index in [1.54, 1.807) is 17.9 Å². The van der Waals surface area contributed by atoms with E-state index in [4.69, 9.17) is 9.47 Å². The number of methoxy groups -OCH3 is 1. The van der Waals surface area contributed by atoms with Crippen molar-refractivity contribution in [2.24, 2.45) is 11.8 Å². The number of hydrogen-bond acceptors (Lipinski definition) is 7. The number of nitrogens with zero attached hydrogens (tertiary/aromatic N) is 5. The molecule has 2 bridgehead atoms. The number of benzene rings is 1. The predicted octanol–water partition coefficient (Wildman–Crippen LogP) is 1.70. The number of rotatable bonds is 5. The summed E-state index contributed by atoms with van der Waals surface area (Å²) in [6.07, 6.45) is 7.48. The summed E-state index contributed by atoms with van der Waals surface area (Å²) in [5.41, 5.74) is -0.852. The van der Waals surface area contributed by atoms with Gasteiger partial charge in [-0.3, -0.25) is 9.59 Å². The van der Waals surface area contributed by atoms with Gasteiger partial charge >= 0.3 is 5.97 Å². The zero-order valence-electron chi connectivity index (χ0n) is 18.3. The Labute approximate surface area is 190 Å². The van der Waals surface area contributed by atoms with Crippen LogP contribution in [0.5, 0.6) is 5.75 Å². The summed E-state index contributed by atoms with van der Waals surface area (Å²) in [6, 6.07) is 7.44. The quantitative estimate of drug-likeness (QED) is 0.682. The molecule has 33 heavy (non-hydrogen) atoms. The second-order valence-corrected chi connectivity index (χ2v) is 9.37. The van der Waals surface area contributed by atoms with E-state index in [1.165, 1.54) is 0 Å². The molecule has 2 saturated heterocycles. The fourth-order valence-corrected chi connectivity index (χ4v) is 6.27. The van der Waals surface area contributed by atoms with Crippen LogP contribution in [0.1, 0.15) is 37.9 Å². The Kier molecular flexibility index (Phi) is 4.39. The molecule has 4 aliphatic rings. The molecule has 1 amide bonds. The number of aromatic nitrogens is 4. The Morgan fingerprint density at radius 3 is 2.67 bits per heavy atom. The van der Waals surface area contributed by atoms with E-state index in [9.17, 15) is 14.7 Å². The Balaban J connectivity index is 1.44. The maximum Gasteiger partial charge on any atom is 0.310 e. The summed E-state index contributed by atoms with van der Waals surface area (Å²) >= 11 is 0. The third-order valence-electron chi connectivity index (χ3n) is 7.79. The molecule has 3 aliphatic heterocycles. The van der Waals surface area contributed by atoms with Crippen LogP contribution in [0, 0.1) is 11.8 Å². The van der Waals surface area contributed by atoms with Crippen molar-refractivity contribution in [3.8, 4) is 11.4 Å². The molecule has 6 rings (SSSR count). The van der Waals surface area contributed by atoms with Crippen LogP contribution in [0.2, 0.25) is 0 Å². The van der Waals surface area contributed by atoms with Crippen molar-refractivity contribution < 1.29 is 24.2 Å². The Bertz CT molecular complexity index is 1140. The highest BCUT2D eigenvalue weighted by Crippen LogP contribution is 2.56. The fraction of sp³-hybridized carbons (Fsp3) is 0.522. The minimum absolute atomic E-state index is 0.180. The summed E-state index contributed by atoms with van der Waals surface area (Å²) in [7, 11) is 1.61. The molecular formula is C23H25N5O5. The zero-order chi connectivity index (χ0) is 22.8. The second kappa shape index (κ2) is 7.11. The first-order valence-electron chi connectivity index (χ1n) is 11.3. The fourth-order valence-electron chi connectivity index (χ4n) is 6.27. The van der Waals surface area contributed by atoms with E-state index in [-0.39, 0.29) is 5.91 Å². The number of carboxylic acid groups (broad SMARTS) is 1. The monoisotopic (exact) mass is 451 g/mol. The van der Waals surface area contributed by atoms with Crippen molar-refractivity contribution in [3.63, 3.8) is 0 Å². The van der Waals surface area contributed by atoms with Gasteiger partial charge in [-0.15, -0.1) is 5.10 Å². The maximum atomic E-state index is 13.9. The van der Waals surface area contributed by atoms with Crippen LogP contribution in [0.4, 0.5) is 0 Å². The minimum Gasteiger partial charge on any atom is -0.497 e. The number of aliphatic carboxylic acids is 1. The number of ether oxygens (including phenoxy) is 2. The van der Waals surface area contributed by atoms with Crippen LogP contribution in [-0.4, -0.2) is 67.4 Å². The number of hydrogen-bond donors (Lipinski definition) is 1. The number of carboxylic acids is 1. The summed E-state index contributed by atoms with van der Waals surface area (Å²) in [5.74, 6) is -1.45. The van der Waals surface area contributed by atoms with Gasteiger partial charge in [0, 0.05) is 0 Å². The summed E-state index contributed by atoms with van der Waals surface area (Å²) < 4.78 is 13.1. The van der Waals surface area contributed by atoms with Gasteiger partial charge in [0.2, 0.25) is 5.91 Å². The Hall–Kier alpha value is -3.27. The van der Waals surface area contributed by atoms with Crippen LogP contribution >= 0.6 is 0 Å². The van der Waals surface area contributed by atoms with Gasteiger partial charge in [-0.25, -0.2) is 0 Å². The highest BCUT2D eigenvalue weighted by atomic mass is 16.5. The zero-order valence-corrected chi connectivity index (χ0v) is 18.3. The lowest BCUT2D eigenvalue weighted by Gasteiger charge is -2.44. The number of likely N-dealkylation sites (tertiary alicyclic amines) is 1. The average Bonchev–Trinajstić information content (AvgIpc) is 3.60. The molecule has 0 unspecified atom stereocenters. The predicted molar refractivity (Wildman–Crippen MR) is 114 cm³/mol. The lowest BCUT2D eigenvalue weighted by molar-refractivity contribution is -0.150. The van der Waals surface area contributed by atoms with Crippen LogP contribution in [-0.2, 0) is 19.9 Å². The molecular weight excluding hydrogens is 426 g/mol. The van der Waals surface area contributed by atoms with E-state index in [1.807, 2.05) is 35.2 Å². The van der Waals surface area contributed by atoms with Crippen molar-refractivity contribution in [3.05, 3.63) is 42.2 Å². The number of fused-ring (bicyclic) bond motifs is 1. The lowest BCUT2D eigenvalue weighted by Crippen LogP contribution is -2.52. The van der Waals surface area contributed by atoms with Crippen molar-refractivity contribution in [1.29, 1.82) is 0 Å². The van der Waals surface area contributed by atoms with Crippen LogP contribution < -0.4 is 4.74 Å². The van der Waals surface area contributed by atoms with Crippen LogP contribution in [0.3, 0.4) is 0 Å². The lowest BCUT2D eigenvalue weighted by atomic mass is 9.77. The largest absolute Gasteiger partial charge is 0.497 e. The van der Waals surface area contributed by atoms with E-state index in [0.717, 1.165) is 30.7 Å². The number of tetrazole rings is 1. The van der Waals surface area contributed by atoms with Crippen molar-refractivity contribution in [1.82, 2.24) is 25.1 Å². The molecule has 2 aromatic rings. The van der Waals surface area contributed by atoms with E-state index < -0.39 is 35.0 Å². The molecule has 0 radical (unpaired) electrons. The van der Waals surface area contributed by atoms with Gasteiger partial charge in [0.05, 0.1) is 31.4 Å². The first-order chi connectivity index (χ1) is 16.0. The molecule has 1 saturated carbocycles. The van der Waals surface area contributed by atoms with Gasteiger partial charge in [0.15, 0.2) is 5.82 Å². The van der Waals surface area contributed by atoms with Gasteiger partial charge in [0.1, 0.15) is 22.8 Å². The molecule has 10 nitrogen and oxygen atoms in total. The van der Waals surface area contributed by atoms with Gasteiger partial charge in [-0.05, 0) is 47.5 Å². The molecule has 1 aliphatic carbocycles. The molecule has 172 valence electrons. The van der Waals surface area contributed by atoms with Gasteiger partial charge in [0.25, 0.3) is 0 Å². The van der Waals surface area contributed by atoms with Gasteiger partial charge < -0.3 is 19.5 Å². The standard InChI is InChI=1S/C23H25N5O5/c1-32-15-7-5-14(6-8-15)28-21(24-25-26-28)22(10-3-2-4-11-22)27-13-23-12-9-16(33-23)17(20(30)31)18(23)19(27)29/h5-9,12,16-18H,2-4,10-11,13H2,1H3,(H,30,31)/t16-,17-,18+,23-/m1/s1. The summed E-state index contributed by atoms with van der Waals surface area (Å²) in [4.78, 5) is 27.7. The van der Waals surface area contributed by atoms with Crippen LogP contribution in [0.25, 0.3) is 5.69 Å². The first kappa shape index (κ1) is 20.3. The highest BCUT2D eigenvalue weighted by molar-refractivity contribution is 5.91. The molecule has 1 aromatic heterocycles. The average molecular weight is 451 g/mol. The Morgan fingerprint density at radius 1 is 1.21 bits per heavy atom. The summed E-state index contributed by atoms with van der Waals surface area (Å²) in [5, 5.41) is 22.5. The second-order valence-electron chi connectivity index (χ2n) is 9.37. The SMILES string of the molecule is COc1ccc(-n2nnnc2C2(N3C[C@@]45C=C[C@@H](O4)[C@@H](C(=O)O)[C@H]5C3=O)CCCCC2)cc1. The van der Waals surface area contributed by atoms with Crippen molar-refractivity contribution >= 4 is 11.9 Å². The van der Waals surface area contributed by atoms with E-state index in [2.05, 4.69) is 15.5 Å². The molecule has 4 atom stereocenters. The minimum atomic E-state index is -0.993. The molecule has 3 fully saturated rings. The third kappa shape index (κ3) is 2.73. The molecule has 1 N–H and O–H groups in total. The first-order valence-corrected chi connectivity index (χ1v) is 11.3.